The molecule has 0 heterocycles. The SMILES string of the molecule is CCCCCCCCCN(C)CCNC. The highest BCUT2D eigenvalue weighted by atomic mass is 15.1. The molecule has 0 aromatic rings. The van der Waals surface area contributed by atoms with E-state index >= 15 is 0 Å². The molecule has 15 heavy (non-hydrogen) atoms. The highest BCUT2D eigenvalue weighted by Gasteiger charge is 1.96. The molecule has 1 N–H and O–H groups in total. The lowest BCUT2D eigenvalue weighted by Gasteiger charge is -2.15. The van der Waals surface area contributed by atoms with Crippen LogP contribution in [0.1, 0.15) is 51.9 Å². The first-order valence-corrected chi connectivity index (χ1v) is 6.64. The van der Waals surface area contributed by atoms with Gasteiger partial charge in [-0.05, 0) is 27.1 Å². The first kappa shape index (κ1) is 14.9. The van der Waals surface area contributed by atoms with Crippen molar-refractivity contribution in [3.63, 3.8) is 0 Å². The topological polar surface area (TPSA) is 15.3 Å². The van der Waals surface area contributed by atoms with E-state index in [1.807, 2.05) is 7.05 Å². The predicted octanol–water partition coefficient (Wildman–Crippen LogP) is 2.89. The normalized spacial score (nSPS) is 11.2. The summed E-state index contributed by atoms with van der Waals surface area (Å²) in [5, 5.41) is 3.18. The molecule has 0 spiro atoms. The molecule has 0 unspecified atom stereocenters. The van der Waals surface area contributed by atoms with E-state index in [0.29, 0.717) is 0 Å². The van der Waals surface area contributed by atoms with Gasteiger partial charge >= 0.3 is 0 Å². The van der Waals surface area contributed by atoms with E-state index in [2.05, 4.69) is 24.2 Å². The zero-order chi connectivity index (χ0) is 11.4. The summed E-state index contributed by atoms with van der Waals surface area (Å²) in [6, 6.07) is 0. The molecule has 0 fully saturated rings. The van der Waals surface area contributed by atoms with Crippen LogP contribution in [-0.4, -0.2) is 38.6 Å². The predicted molar refractivity (Wildman–Crippen MR) is 69.4 cm³/mol. The van der Waals surface area contributed by atoms with Crippen molar-refractivity contribution in [2.24, 2.45) is 0 Å². The molecule has 2 heteroatoms. The maximum Gasteiger partial charge on any atom is 0.0104 e. The zero-order valence-electron chi connectivity index (χ0n) is 11.0. The molecular weight excluding hydrogens is 184 g/mol. The first-order valence-electron chi connectivity index (χ1n) is 6.64. The second-order valence-corrected chi connectivity index (χ2v) is 4.53. The lowest BCUT2D eigenvalue weighted by molar-refractivity contribution is 0.325. The van der Waals surface area contributed by atoms with E-state index in [1.165, 1.54) is 58.0 Å². The molecule has 0 aromatic carbocycles. The average molecular weight is 214 g/mol. The van der Waals surface area contributed by atoms with Gasteiger partial charge in [-0.25, -0.2) is 0 Å². The van der Waals surface area contributed by atoms with Gasteiger partial charge in [0.15, 0.2) is 0 Å². The number of likely N-dealkylation sites (N-methyl/N-ethyl adjacent to an activating group) is 2. The molecule has 2 nitrogen and oxygen atoms in total. The summed E-state index contributed by atoms with van der Waals surface area (Å²) in [7, 11) is 4.23. The standard InChI is InChI=1S/C13H30N2/c1-4-5-6-7-8-9-10-12-15(3)13-11-14-2/h14H,4-13H2,1-3H3. The average Bonchev–Trinajstić information content (AvgIpc) is 2.25. The smallest absolute Gasteiger partial charge is 0.0104 e. The van der Waals surface area contributed by atoms with Gasteiger partial charge in [-0.2, -0.15) is 0 Å². The summed E-state index contributed by atoms with van der Waals surface area (Å²) in [6.45, 7) is 5.81. The third-order valence-electron chi connectivity index (χ3n) is 2.89. The monoisotopic (exact) mass is 214 g/mol. The Kier molecular flexibility index (Phi) is 11.9. The van der Waals surface area contributed by atoms with Crippen molar-refractivity contribution in [1.29, 1.82) is 0 Å². The van der Waals surface area contributed by atoms with Gasteiger partial charge in [-0.15, -0.1) is 0 Å². The minimum Gasteiger partial charge on any atom is -0.318 e. The fraction of sp³-hybridized carbons (Fsp3) is 1.00. The first-order chi connectivity index (χ1) is 7.31. The van der Waals surface area contributed by atoms with Gasteiger partial charge in [0.25, 0.3) is 0 Å². The number of rotatable bonds is 11. The fourth-order valence-corrected chi connectivity index (χ4v) is 1.75. The summed E-state index contributed by atoms with van der Waals surface area (Å²) in [5.74, 6) is 0. The van der Waals surface area contributed by atoms with Gasteiger partial charge in [0.1, 0.15) is 0 Å². The highest BCUT2D eigenvalue weighted by Crippen LogP contribution is 2.06. The lowest BCUT2D eigenvalue weighted by atomic mass is 10.1. The summed E-state index contributed by atoms with van der Waals surface area (Å²) in [4.78, 5) is 2.42. The van der Waals surface area contributed by atoms with Crippen molar-refractivity contribution in [2.45, 2.75) is 51.9 Å². The van der Waals surface area contributed by atoms with Crippen LogP contribution in [0.5, 0.6) is 0 Å². The van der Waals surface area contributed by atoms with Crippen molar-refractivity contribution in [3.05, 3.63) is 0 Å². The Bertz CT molecular complexity index is 115. The van der Waals surface area contributed by atoms with E-state index in [4.69, 9.17) is 0 Å². The van der Waals surface area contributed by atoms with E-state index in [0.717, 1.165) is 6.54 Å². The van der Waals surface area contributed by atoms with E-state index in [-0.39, 0.29) is 0 Å². The van der Waals surface area contributed by atoms with Gasteiger partial charge in [-0.1, -0.05) is 45.4 Å². The number of hydrogen-bond donors (Lipinski definition) is 1. The van der Waals surface area contributed by atoms with Crippen molar-refractivity contribution >= 4 is 0 Å². The number of hydrogen-bond acceptors (Lipinski definition) is 2. The third kappa shape index (κ3) is 11.8. The van der Waals surface area contributed by atoms with Gasteiger partial charge in [-0.3, -0.25) is 0 Å². The number of nitrogens with zero attached hydrogens (tertiary/aromatic N) is 1. The Morgan fingerprint density at radius 3 is 2.07 bits per heavy atom. The summed E-state index contributed by atoms with van der Waals surface area (Å²) in [5.41, 5.74) is 0. The van der Waals surface area contributed by atoms with Crippen LogP contribution < -0.4 is 5.32 Å². The zero-order valence-corrected chi connectivity index (χ0v) is 11.0. The molecular formula is C13H30N2. The largest absolute Gasteiger partial charge is 0.318 e. The lowest BCUT2D eigenvalue weighted by Crippen LogP contribution is -2.28. The molecule has 0 rings (SSSR count). The van der Waals surface area contributed by atoms with E-state index in [9.17, 15) is 0 Å². The molecule has 0 aliphatic heterocycles. The second-order valence-electron chi connectivity index (χ2n) is 4.53. The van der Waals surface area contributed by atoms with Crippen molar-refractivity contribution in [2.75, 3.05) is 33.7 Å². The third-order valence-corrected chi connectivity index (χ3v) is 2.89. The maximum atomic E-state index is 3.18. The van der Waals surface area contributed by atoms with Crippen molar-refractivity contribution in [1.82, 2.24) is 10.2 Å². The van der Waals surface area contributed by atoms with Crippen LogP contribution in [0.4, 0.5) is 0 Å². The molecule has 0 amide bonds. The summed E-state index contributed by atoms with van der Waals surface area (Å²) >= 11 is 0. The molecule has 0 aromatic heterocycles. The summed E-state index contributed by atoms with van der Waals surface area (Å²) < 4.78 is 0. The Morgan fingerprint density at radius 2 is 1.47 bits per heavy atom. The van der Waals surface area contributed by atoms with Gasteiger partial charge in [0.05, 0.1) is 0 Å². The molecule has 0 aliphatic carbocycles. The van der Waals surface area contributed by atoms with Crippen LogP contribution in [0.25, 0.3) is 0 Å². The van der Waals surface area contributed by atoms with Crippen LogP contribution >= 0.6 is 0 Å². The van der Waals surface area contributed by atoms with Crippen LogP contribution in [0.3, 0.4) is 0 Å². The second kappa shape index (κ2) is 12.0. The molecule has 0 bridgehead atoms. The Hall–Kier alpha value is -0.0800. The Labute approximate surface area is 96.4 Å². The quantitative estimate of drug-likeness (QED) is 0.532. The Balaban J connectivity index is 3.02. The van der Waals surface area contributed by atoms with Crippen LogP contribution in [0.2, 0.25) is 0 Å². The van der Waals surface area contributed by atoms with Crippen LogP contribution in [-0.2, 0) is 0 Å². The van der Waals surface area contributed by atoms with Crippen LogP contribution in [0, 0.1) is 0 Å². The molecule has 0 saturated carbocycles. The van der Waals surface area contributed by atoms with E-state index in [1.54, 1.807) is 0 Å². The minimum absolute atomic E-state index is 1.10. The van der Waals surface area contributed by atoms with Gasteiger partial charge in [0, 0.05) is 13.1 Å². The maximum absolute atomic E-state index is 3.18. The fourth-order valence-electron chi connectivity index (χ4n) is 1.75. The highest BCUT2D eigenvalue weighted by molar-refractivity contribution is 4.53. The minimum atomic E-state index is 1.10. The molecule has 0 atom stereocenters. The van der Waals surface area contributed by atoms with E-state index < -0.39 is 0 Å². The van der Waals surface area contributed by atoms with Gasteiger partial charge in [0.2, 0.25) is 0 Å². The molecule has 0 radical (unpaired) electrons. The van der Waals surface area contributed by atoms with Crippen molar-refractivity contribution in [3.8, 4) is 0 Å². The molecule has 0 aliphatic rings. The number of nitrogens with one attached hydrogen (secondary N) is 1. The number of unbranched alkanes of at least 4 members (excludes halogenated alkanes) is 6. The van der Waals surface area contributed by atoms with Crippen LogP contribution in [0.15, 0.2) is 0 Å². The Morgan fingerprint density at radius 1 is 0.867 bits per heavy atom. The molecule has 92 valence electrons. The molecule has 0 saturated heterocycles. The van der Waals surface area contributed by atoms with Crippen molar-refractivity contribution < 1.29 is 0 Å². The summed E-state index contributed by atoms with van der Waals surface area (Å²) in [6.07, 6.45) is 9.86. The van der Waals surface area contributed by atoms with Gasteiger partial charge < -0.3 is 10.2 Å².